The predicted octanol–water partition coefficient (Wildman–Crippen LogP) is 3.07. The fourth-order valence-electron chi connectivity index (χ4n) is 2.48. The third-order valence-electron chi connectivity index (χ3n) is 3.61. The van der Waals surface area contributed by atoms with Crippen LogP contribution < -0.4 is 14.8 Å². The summed E-state index contributed by atoms with van der Waals surface area (Å²) in [5, 5.41) is 14.2. The Morgan fingerprint density at radius 2 is 2.13 bits per heavy atom. The number of hydrogen-bond acceptors (Lipinski definition) is 6. The molecule has 0 saturated carbocycles. The smallest absolute Gasteiger partial charge is 0.314 e. The maximum absolute atomic E-state index is 11.2. The Morgan fingerprint density at radius 1 is 1.30 bits per heavy atom. The van der Waals surface area contributed by atoms with Crippen molar-refractivity contribution in [2.45, 2.75) is 19.9 Å². The van der Waals surface area contributed by atoms with Crippen LogP contribution in [0.1, 0.15) is 17.5 Å². The van der Waals surface area contributed by atoms with Gasteiger partial charge in [-0.05, 0) is 19.1 Å². The molecule has 1 aromatic heterocycles. The first kappa shape index (κ1) is 15.1. The van der Waals surface area contributed by atoms with Gasteiger partial charge in [-0.1, -0.05) is 12.1 Å². The molecule has 1 aliphatic rings. The van der Waals surface area contributed by atoms with Gasteiger partial charge < -0.3 is 14.8 Å². The van der Waals surface area contributed by atoms with Gasteiger partial charge in [-0.2, -0.15) is 0 Å². The third-order valence-corrected chi connectivity index (χ3v) is 3.61. The zero-order valence-corrected chi connectivity index (χ0v) is 12.7. The summed E-state index contributed by atoms with van der Waals surface area (Å²) in [5.74, 6) is 1.64. The highest BCUT2D eigenvalue weighted by Gasteiger charge is 2.19. The molecular formula is C16H17N3O4. The highest BCUT2D eigenvalue weighted by molar-refractivity contribution is 5.60. The number of rotatable bonds is 4. The van der Waals surface area contributed by atoms with Gasteiger partial charge in [0.1, 0.15) is 0 Å². The molecule has 2 heterocycles. The van der Waals surface area contributed by atoms with Crippen LogP contribution in [0.5, 0.6) is 11.5 Å². The molecule has 3 rings (SSSR count). The van der Waals surface area contributed by atoms with E-state index in [-0.39, 0.29) is 11.5 Å². The van der Waals surface area contributed by atoms with Crippen molar-refractivity contribution in [2.24, 2.45) is 0 Å². The second-order valence-electron chi connectivity index (χ2n) is 5.23. The normalized spacial score (nSPS) is 13.3. The number of aromatic nitrogens is 1. The van der Waals surface area contributed by atoms with E-state index in [0.717, 1.165) is 12.0 Å². The molecule has 120 valence electrons. The molecule has 2 aromatic rings. The van der Waals surface area contributed by atoms with Crippen molar-refractivity contribution in [3.8, 4) is 11.5 Å². The van der Waals surface area contributed by atoms with Crippen molar-refractivity contribution in [2.75, 3.05) is 18.5 Å². The number of anilines is 1. The first-order valence-electron chi connectivity index (χ1n) is 7.38. The summed E-state index contributed by atoms with van der Waals surface area (Å²) in [6.07, 6.45) is 2.38. The molecule has 0 spiro atoms. The minimum absolute atomic E-state index is 0.00770. The minimum Gasteiger partial charge on any atom is -0.490 e. The predicted molar refractivity (Wildman–Crippen MR) is 85.0 cm³/mol. The molecule has 1 N–H and O–H groups in total. The van der Waals surface area contributed by atoms with Crippen LogP contribution in [0.4, 0.5) is 11.5 Å². The van der Waals surface area contributed by atoms with E-state index in [9.17, 15) is 10.1 Å². The highest BCUT2D eigenvalue weighted by atomic mass is 16.6. The third kappa shape index (κ3) is 3.18. The monoisotopic (exact) mass is 315 g/mol. The average molecular weight is 315 g/mol. The molecule has 7 heteroatoms. The fraction of sp³-hybridized carbons (Fsp3) is 0.312. The maximum atomic E-state index is 11.2. The first-order chi connectivity index (χ1) is 11.2. The van der Waals surface area contributed by atoms with Crippen molar-refractivity contribution >= 4 is 11.5 Å². The van der Waals surface area contributed by atoms with Crippen LogP contribution in [0.2, 0.25) is 0 Å². The summed E-state index contributed by atoms with van der Waals surface area (Å²) < 4.78 is 11.4. The van der Waals surface area contributed by atoms with E-state index in [2.05, 4.69) is 10.3 Å². The number of fused-ring (bicyclic) bond motifs is 1. The highest BCUT2D eigenvalue weighted by Crippen LogP contribution is 2.34. The zero-order valence-electron chi connectivity index (χ0n) is 12.7. The lowest BCUT2D eigenvalue weighted by molar-refractivity contribution is -0.384. The van der Waals surface area contributed by atoms with E-state index < -0.39 is 4.92 Å². The number of para-hydroxylation sites is 1. The summed E-state index contributed by atoms with van der Waals surface area (Å²) in [6, 6.07) is 7.26. The van der Waals surface area contributed by atoms with Gasteiger partial charge in [0.2, 0.25) is 5.82 Å². The molecule has 1 aromatic carbocycles. The van der Waals surface area contributed by atoms with E-state index in [0.29, 0.717) is 36.8 Å². The van der Waals surface area contributed by atoms with Crippen LogP contribution in [0.3, 0.4) is 0 Å². The van der Waals surface area contributed by atoms with Gasteiger partial charge in [0.15, 0.2) is 11.5 Å². The summed E-state index contributed by atoms with van der Waals surface area (Å²) in [4.78, 5) is 14.9. The summed E-state index contributed by atoms with van der Waals surface area (Å²) >= 11 is 0. The van der Waals surface area contributed by atoms with Crippen LogP contribution in [-0.4, -0.2) is 23.1 Å². The van der Waals surface area contributed by atoms with E-state index in [1.54, 1.807) is 19.2 Å². The van der Waals surface area contributed by atoms with Gasteiger partial charge in [0.05, 0.1) is 18.1 Å². The maximum Gasteiger partial charge on any atom is 0.314 e. The minimum atomic E-state index is -0.421. The molecule has 0 bridgehead atoms. The lowest BCUT2D eigenvalue weighted by Crippen LogP contribution is -2.07. The number of ether oxygens (including phenoxy) is 2. The zero-order chi connectivity index (χ0) is 16.2. The summed E-state index contributed by atoms with van der Waals surface area (Å²) in [5.41, 5.74) is 1.44. The van der Waals surface area contributed by atoms with Crippen LogP contribution in [0.15, 0.2) is 30.5 Å². The van der Waals surface area contributed by atoms with E-state index in [4.69, 9.17) is 9.47 Å². The van der Waals surface area contributed by atoms with Gasteiger partial charge in [0, 0.05) is 30.3 Å². The van der Waals surface area contributed by atoms with Crippen LogP contribution in [-0.2, 0) is 6.54 Å². The molecule has 0 atom stereocenters. The largest absolute Gasteiger partial charge is 0.490 e. The Labute approximate surface area is 133 Å². The average Bonchev–Trinajstić information content (AvgIpc) is 2.78. The number of nitro groups is 1. The van der Waals surface area contributed by atoms with Crippen LogP contribution in [0.25, 0.3) is 0 Å². The topological polar surface area (TPSA) is 86.5 Å². The molecule has 1 aliphatic heterocycles. The molecule has 0 saturated heterocycles. The van der Waals surface area contributed by atoms with E-state index >= 15 is 0 Å². The van der Waals surface area contributed by atoms with Gasteiger partial charge in [-0.15, -0.1) is 0 Å². The van der Waals surface area contributed by atoms with Crippen LogP contribution >= 0.6 is 0 Å². The Hall–Kier alpha value is -2.83. The van der Waals surface area contributed by atoms with Crippen molar-refractivity contribution in [3.05, 3.63) is 51.7 Å². The van der Waals surface area contributed by atoms with Gasteiger partial charge in [-0.25, -0.2) is 4.98 Å². The number of pyridine rings is 1. The van der Waals surface area contributed by atoms with Crippen LogP contribution in [0, 0.1) is 17.0 Å². The first-order valence-corrected chi connectivity index (χ1v) is 7.38. The number of aryl methyl sites for hydroxylation is 1. The lowest BCUT2D eigenvalue weighted by atomic mass is 10.1. The molecule has 0 fully saturated rings. The van der Waals surface area contributed by atoms with Crippen molar-refractivity contribution in [1.82, 2.24) is 4.98 Å². The standard InChI is InChI=1S/C16H17N3O4/c1-11-6-7-17-16(14(11)19(20)21)18-10-12-4-2-5-13-15(12)23-9-3-8-22-13/h2,4-7H,3,8-10H2,1H3,(H,17,18). The molecule has 23 heavy (non-hydrogen) atoms. The second kappa shape index (κ2) is 6.51. The fourth-order valence-corrected chi connectivity index (χ4v) is 2.48. The Balaban J connectivity index is 1.85. The number of nitrogens with one attached hydrogen (secondary N) is 1. The Morgan fingerprint density at radius 3 is 2.96 bits per heavy atom. The van der Waals surface area contributed by atoms with Crippen molar-refractivity contribution < 1.29 is 14.4 Å². The SMILES string of the molecule is Cc1ccnc(NCc2cccc3c2OCCCO3)c1[N+](=O)[O-]. The quantitative estimate of drug-likeness (QED) is 0.689. The molecule has 7 nitrogen and oxygen atoms in total. The molecule has 0 unspecified atom stereocenters. The van der Waals surface area contributed by atoms with Gasteiger partial charge in [-0.3, -0.25) is 10.1 Å². The molecule has 0 radical (unpaired) electrons. The number of hydrogen-bond donors (Lipinski definition) is 1. The lowest BCUT2D eigenvalue weighted by Gasteiger charge is -2.13. The van der Waals surface area contributed by atoms with E-state index in [1.807, 2.05) is 18.2 Å². The molecule has 0 amide bonds. The summed E-state index contributed by atoms with van der Waals surface area (Å²) in [7, 11) is 0. The van der Waals surface area contributed by atoms with Gasteiger partial charge in [0.25, 0.3) is 0 Å². The Kier molecular flexibility index (Phi) is 4.27. The van der Waals surface area contributed by atoms with Crippen molar-refractivity contribution in [1.29, 1.82) is 0 Å². The Bertz CT molecular complexity index is 733. The van der Waals surface area contributed by atoms with Gasteiger partial charge >= 0.3 is 5.69 Å². The number of nitrogens with zero attached hydrogens (tertiary/aromatic N) is 2. The molecule has 0 aliphatic carbocycles. The summed E-state index contributed by atoms with van der Waals surface area (Å²) in [6.45, 7) is 3.27. The van der Waals surface area contributed by atoms with Crippen molar-refractivity contribution in [3.63, 3.8) is 0 Å². The second-order valence-corrected chi connectivity index (χ2v) is 5.23. The number of benzene rings is 1. The van der Waals surface area contributed by atoms with E-state index in [1.165, 1.54) is 0 Å². The molecular weight excluding hydrogens is 298 g/mol.